The maximum Gasteiger partial charge on any atom is 0.321 e. The van der Waals surface area contributed by atoms with Gasteiger partial charge in [-0.3, -0.25) is 9.69 Å². The molecule has 0 aliphatic carbocycles. The molecular weight excluding hydrogens is 356 g/mol. The summed E-state index contributed by atoms with van der Waals surface area (Å²) < 4.78 is 25.0. The van der Waals surface area contributed by atoms with Crippen molar-refractivity contribution in [2.24, 2.45) is 5.92 Å². The average molecular weight is 380 g/mol. The first-order valence-electron chi connectivity index (χ1n) is 8.73. The molecule has 0 spiro atoms. The van der Waals surface area contributed by atoms with E-state index in [0.717, 1.165) is 24.8 Å². The zero-order valence-corrected chi connectivity index (χ0v) is 15.6. The molecule has 2 aliphatic heterocycles. The summed E-state index contributed by atoms with van der Waals surface area (Å²) in [5.74, 6) is 0.0569. The molecule has 0 radical (unpaired) electrons. The van der Waals surface area contributed by atoms with Crippen LogP contribution in [0.25, 0.3) is 0 Å². The largest absolute Gasteiger partial charge is 0.338 e. The molecule has 1 aromatic carbocycles. The van der Waals surface area contributed by atoms with E-state index in [2.05, 4.69) is 10.0 Å². The van der Waals surface area contributed by atoms with E-state index >= 15 is 0 Å². The zero-order chi connectivity index (χ0) is 18.7. The van der Waals surface area contributed by atoms with Crippen LogP contribution in [-0.2, 0) is 10.0 Å². The number of rotatable bonds is 5. The van der Waals surface area contributed by atoms with Crippen molar-refractivity contribution in [1.29, 1.82) is 0 Å². The lowest BCUT2D eigenvalue weighted by molar-refractivity contribution is 0.0676. The van der Waals surface area contributed by atoms with Crippen LogP contribution >= 0.6 is 0 Å². The molecule has 0 aromatic heterocycles. The first-order valence-corrected chi connectivity index (χ1v) is 10.6. The normalized spacial score (nSPS) is 21.0. The fraction of sp³-hybridized carbons (Fsp3) is 0.529. The van der Waals surface area contributed by atoms with Crippen LogP contribution in [0.15, 0.2) is 24.3 Å². The van der Waals surface area contributed by atoms with Crippen LogP contribution in [0.4, 0.5) is 10.5 Å². The fourth-order valence-electron chi connectivity index (χ4n) is 3.37. The molecule has 2 saturated heterocycles. The van der Waals surface area contributed by atoms with Gasteiger partial charge in [-0.1, -0.05) is 0 Å². The van der Waals surface area contributed by atoms with Gasteiger partial charge < -0.3 is 10.2 Å². The summed E-state index contributed by atoms with van der Waals surface area (Å²) in [6.07, 6.45) is 2.89. The van der Waals surface area contributed by atoms with E-state index in [9.17, 15) is 18.0 Å². The smallest absolute Gasteiger partial charge is 0.321 e. The van der Waals surface area contributed by atoms with Gasteiger partial charge in [0.25, 0.3) is 5.91 Å². The molecular formula is C17H24N4O4S. The lowest BCUT2D eigenvalue weighted by Gasteiger charge is -2.33. The first kappa shape index (κ1) is 18.7. The molecule has 2 fully saturated rings. The Hall–Kier alpha value is -2.13. The maximum absolute atomic E-state index is 12.7. The number of hydrogen-bond acceptors (Lipinski definition) is 4. The van der Waals surface area contributed by atoms with Crippen molar-refractivity contribution in [3.63, 3.8) is 0 Å². The van der Waals surface area contributed by atoms with Crippen molar-refractivity contribution in [1.82, 2.24) is 14.9 Å². The van der Waals surface area contributed by atoms with Crippen LogP contribution < -0.4 is 14.9 Å². The van der Waals surface area contributed by atoms with Gasteiger partial charge in [-0.2, -0.15) is 0 Å². The number of nitrogens with one attached hydrogen (secondary N) is 2. The number of likely N-dealkylation sites (tertiary alicyclic amines) is 1. The number of sulfonamides is 1. The van der Waals surface area contributed by atoms with Crippen LogP contribution in [-0.4, -0.2) is 64.2 Å². The molecule has 0 unspecified atom stereocenters. The highest BCUT2D eigenvalue weighted by Crippen LogP contribution is 2.21. The van der Waals surface area contributed by atoms with Crippen LogP contribution in [0.1, 0.15) is 23.2 Å². The molecule has 2 N–H and O–H groups in total. The molecule has 26 heavy (non-hydrogen) atoms. The van der Waals surface area contributed by atoms with Crippen molar-refractivity contribution >= 4 is 27.6 Å². The van der Waals surface area contributed by atoms with Gasteiger partial charge in [-0.05, 0) is 43.0 Å². The second-order valence-corrected chi connectivity index (χ2v) is 8.64. The van der Waals surface area contributed by atoms with Crippen molar-refractivity contribution < 1.29 is 18.0 Å². The number of nitrogens with zero attached hydrogens (tertiary/aromatic N) is 2. The third-order valence-corrected chi connectivity index (χ3v) is 5.41. The second-order valence-electron chi connectivity index (χ2n) is 6.81. The summed E-state index contributed by atoms with van der Waals surface area (Å²) in [6, 6.07) is 6.92. The monoisotopic (exact) mass is 380 g/mol. The number of piperidine rings is 1. The van der Waals surface area contributed by atoms with Gasteiger partial charge >= 0.3 is 6.03 Å². The molecule has 2 heterocycles. The Bertz CT molecular complexity index is 778. The minimum absolute atomic E-state index is 0.0634. The summed E-state index contributed by atoms with van der Waals surface area (Å²) in [5.41, 5.74) is 1.34. The fourth-order valence-corrected chi connectivity index (χ4v) is 3.91. The number of anilines is 1. The summed E-state index contributed by atoms with van der Waals surface area (Å²) >= 11 is 0. The van der Waals surface area contributed by atoms with Crippen molar-refractivity contribution in [2.45, 2.75) is 12.8 Å². The number of hydrogen-bond donors (Lipinski definition) is 2. The third-order valence-electron chi connectivity index (χ3n) is 4.72. The van der Waals surface area contributed by atoms with E-state index in [1.165, 1.54) is 0 Å². The number of carbonyl (C=O) groups excluding carboxylic acids is 2. The Morgan fingerprint density at radius 1 is 1.27 bits per heavy atom. The highest BCUT2D eigenvalue weighted by Gasteiger charge is 2.26. The molecule has 1 aromatic rings. The number of carbonyl (C=O) groups is 2. The summed E-state index contributed by atoms with van der Waals surface area (Å²) in [7, 11) is -3.22. The van der Waals surface area contributed by atoms with E-state index in [1.54, 1.807) is 34.1 Å². The van der Waals surface area contributed by atoms with E-state index < -0.39 is 10.0 Å². The van der Waals surface area contributed by atoms with E-state index in [-0.39, 0.29) is 17.9 Å². The predicted molar refractivity (Wildman–Crippen MR) is 98.7 cm³/mol. The lowest BCUT2D eigenvalue weighted by Crippen LogP contribution is -2.43. The van der Waals surface area contributed by atoms with Crippen LogP contribution in [0.5, 0.6) is 0 Å². The summed E-state index contributed by atoms with van der Waals surface area (Å²) in [5, 5.41) is 2.75. The highest BCUT2D eigenvalue weighted by molar-refractivity contribution is 7.88. The van der Waals surface area contributed by atoms with Crippen LogP contribution in [0.2, 0.25) is 0 Å². The van der Waals surface area contributed by atoms with Gasteiger partial charge in [0.05, 0.1) is 6.26 Å². The highest BCUT2D eigenvalue weighted by atomic mass is 32.2. The summed E-state index contributed by atoms with van der Waals surface area (Å²) in [6.45, 7) is 2.80. The van der Waals surface area contributed by atoms with Crippen molar-refractivity contribution in [3.05, 3.63) is 29.8 Å². The Morgan fingerprint density at radius 2 is 2.00 bits per heavy atom. The van der Waals surface area contributed by atoms with Gasteiger partial charge in [0, 0.05) is 44.0 Å². The SMILES string of the molecule is CS(=O)(=O)NC[C@H]1CCCN(C(=O)c2ccc(N3CCNC3=O)cc2)C1. The Morgan fingerprint density at radius 3 is 2.62 bits per heavy atom. The predicted octanol–water partition coefficient (Wildman–Crippen LogP) is 0.618. The topological polar surface area (TPSA) is 98.8 Å². The minimum Gasteiger partial charge on any atom is -0.338 e. The zero-order valence-electron chi connectivity index (χ0n) is 14.8. The lowest BCUT2D eigenvalue weighted by atomic mass is 9.97. The molecule has 0 bridgehead atoms. The maximum atomic E-state index is 12.7. The van der Waals surface area contributed by atoms with Crippen LogP contribution in [0.3, 0.4) is 0 Å². The molecule has 3 amide bonds. The number of amides is 3. The average Bonchev–Trinajstić information content (AvgIpc) is 3.05. The van der Waals surface area contributed by atoms with E-state index in [1.807, 2.05) is 0 Å². The standard InChI is InChI=1S/C17H24N4O4S/c1-26(24,25)19-11-13-3-2-9-20(12-13)16(22)14-4-6-15(7-5-14)21-10-8-18-17(21)23/h4-7,13,19H,2-3,8-12H2,1H3,(H,18,23)/t13-/m1/s1. The molecule has 1 atom stereocenters. The molecule has 0 saturated carbocycles. The van der Waals surface area contributed by atoms with E-state index in [4.69, 9.17) is 0 Å². The van der Waals surface area contributed by atoms with Crippen LogP contribution in [0, 0.1) is 5.92 Å². The number of benzene rings is 1. The Balaban J connectivity index is 1.62. The second kappa shape index (κ2) is 7.63. The van der Waals surface area contributed by atoms with Crippen molar-refractivity contribution in [3.8, 4) is 0 Å². The summed E-state index contributed by atoms with van der Waals surface area (Å²) in [4.78, 5) is 27.9. The van der Waals surface area contributed by atoms with Gasteiger partial charge in [-0.25, -0.2) is 17.9 Å². The first-order chi connectivity index (χ1) is 12.3. The molecule has 9 heteroatoms. The van der Waals surface area contributed by atoms with Gasteiger partial charge in [0.1, 0.15) is 0 Å². The quantitative estimate of drug-likeness (QED) is 0.782. The molecule has 142 valence electrons. The minimum atomic E-state index is -3.22. The molecule has 8 nitrogen and oxygen atoms in total. The Kier molecular flexibility index (Phi) is 5.47. The third kappa shape index (κ3) is 4.53. The van der Waals surface area contributed by atoms with Crippen molar-refractivity contribution in [2.75, 3.05) is 43.9 Å². The van der Waals surface area contributed by atoms with Gasteiger partial charge in [0.2, 0.25) is 10.0 Å². The van der Waals surface area contributed by atoms with Gasteiger partial charge in [0.15, 0.2) is 0 Å². The molecule has 3 rings (SSSR count). The Labute approximate surface area is 153 Å². The van der Waals surface area contributed by atoms with E-state index in [0.29, 0.717) is 38.3 Å². The van der Waals surface area contributed by atoms with Gasteiger partial charge in [-0.15, -0.1) is 0 Å². The number of urea groups is 1. The molecule has 2 aliphatic rings.